The summed E-state index contributed by atoms with van der Waals surface area (Å²) in [6, 6.07) is 18.1. The number of nitrogens with zero attached hydrogens (tertiary/aromatic N) is 2. The zero-order valence-electron chi connectivity index (χ0n) is 17.6. The van der Waals surface area contributed by atoms with Crippen LogP contribution in [0.2, 0.25) is 0 Å². The van der Waals surface area contributed by atoms with Gasteiger partial charge in [-0.05, 0) is 41.7 Å². The van der Waals surface area contributed by atoms with E-state index in [4.69, 9.17) is 0 Å². The Labute approximate surface area is 171 Å². The molecule has 0 amide bonds. The molecule has 1 aliphatic heterocycles. The Morgan fingerprint density at radius 1 is 1.00 bits per heavy atom. The standard InChI is InChI=1S/C15H23F2NO.C9H5N/c1-14(2,10-13(19)15(3,16)17)11-6-8-12(9-7-11)18(4)5;1-2-4-8-6(3-1)7-5-9(7)10-8/h6-9,13,19H,10H2,1-5H3;1-5H. The van der Waals surface area contributed by atoms with E-state index in [-0.39, 0.29) is 6.42 Å². The Bertz CT molecular complexity index is 992. The fourth-order valence-electron chi connectivity index (χ4n) is 3.33. The number of aliphatic hydroxyl groups excluding tert-OH is 1. The van der Waals surface area contributed by atoms with Crippen LogP contribution in [0.5, 0.6) is 0 Å². The summed E-state index contributed by atoms with van der Waals surface area (Å²) in [6.07, 6.45) is -1.60. The van der Waals surface area contributed by atoms with Crippen molar-refractivity contribution in [2.24, 2.45) is 0 Å². The third-order valence-corrected chi connectivity index (χ3v) is 5.36. The largest absolute Gasteiger partial charge is 0.387 e. The predicted molar refractivity (Wildman–Crippen MR) is 116 cm³/mol. The molecule has 0 bridgehead atoms. The molecule has 2 aliphatic rings. The van der Waals surface area contributed by atoms with Gasteiger partial charge in [-0.25, -0.2) is 13.8 Å². The Balaban J connectivity index is 0.000000196. The summed E-state index contributed by atoms with van der Waals surface area (Å²) in [6.45, 7) is 4.49. The maximum Gasteiger partial charge on any atom is 0.270 e. The molecule has 1 aliphatic carbocycles. The van der Waals surface area contributed by atoms with Crippen LogP contribution < -0.4 is 4.90 Å². The number of aromatic nitrogens is 1. The average molecular weight is 398 g/mol. The average Bonchev–Trinajstić information content (AvgIpc) is 3.32. The van der Waals surface area contributed by atoms with Crippen LogP contribution in [0.25, 0.3) is 22.2 Å². The molecule has 1 unspecified atom stereocenters. The number of hydrogen-bond donors (Lipinski definition) is 1. The van der Waals surface area contributed by atoms with Crippen LogP contribution in [0.3, 0.4) is 0 Å². The Hall–Kier alpha value is -2.53. The summed E-state index contributed by atoms with van der Waals surface area (Å²) in [5.41, 5.74) is 5.16. The van der Waals surface area contributed by atoms with E-state index < -0.39 is 17.4 Å². The van der Waals surface area contributed by atoms with E-state index in [1.807, 2.05) is 63.2 Å². The molecule has 0 spiro atoms. The van der Waals surface area contributed by atoms with Gasteiger partial charge in [-0.15, -0.1) is 0 Å². The second-order valence-electron chi connectivity index (χ2n) is 8.57. The van der Waals surface area contributed by atoms with Crippen molar-refractivity contribution in [3.8, 4) is 11.3 Å². The third kappa shape index (κ3) is 4.91. The highest BCUT2D eigenvalue weighted by molar-refractivity contribution is 6.04. The highest BCUT2D eigenvalue weighted by Crippen LogP contribution is 2.39. The maximum atomic E-state index is 13.1. The number of halogens is 2. The van der Waals surface area contributed by atoms with Crippen LogP contribution in [0.1, 0.15) is 32.8 Å². The molecule has 5 heteroatoms. The highest BCUT2D eigenvalue weighted by Gasteiger charge is 2.37. The van der Waals surface area contributed by atoms with Gasteiger partial charge in [-0.2, -0.15) is 0 Å². The van der Waals surface area contributed by atoms with Crippen molar-refractivity contribution in [2.45, 2.75) is 44.6 Å². The van der Waals surface area contributed by atoms with Gasteiger partial charge in [0.05, 0.1) is 11.2 Å². The van der Waals surface area contributed by atoms with Gasteiger partial charge in [0.2, 0.25) is 0 Å². The first-order valence-corrected chi connectivity index (χ1v) is 9.73. The Kier molecular flexibility index (Phi) is 5.63. The number of fused-ring (bicyclic) bond motifs is 3. The predicted octanol–water partition coefficient (Wildman–Crippen LogP) is 5.65. The van der Waals surface area contributed by atoms with Crippen molar-refractivity contribution in [1.82, 2.24) is 4.98 Å². The number of para-hydroxylation sites is 1. The van der Waals surface area contributed by atoms with Crippen LogP contribution in [0, 0.1) is 0 Å². The minimum atomic E-state index is -3.07. The molecule has 0 saturated heterocycles. The number of pyridine rings is 1. The summed E-state index contributed by atoms with van der Waals surface area (Å²) < 4.78 is 26.2. The molecule has 0 radical (unpaired) electrons. The molecular weight excluding hydrogens is 370 g/mol. The van der Waals surface area contributed by atoms with E-state index in [2.05, 4.69) is 29.2 Å². The molecule has 2 aromatic carbocycles. The molecule has 1 N–H and O–H groups in total. The van der Waals surface area contributed by atoms with Crippen molar-refractivity contribution in [2.75, 3.05) is 19.0 Å². The number of aliphatic hydroxyl groups is 1. The Morgan fingerprint density at radius 3 is 2.17 bits per heavy atom. The summed E-state index contributed by atoms with van der Waals surface area (Å²) in [5.74, 6) is -3.07. The van der Waals surface area contributed by atoms with Crippen LogP contribution in [0.4, 0.5) is 14.5 Å². The van der Waals surface area contributed by atoms with E-state index in [9.17, 15) is 13.9 Å². The van der Waals surface area contributed by atoms with Gasteiger partial charge < -0.3 is 10.0 Å². The summed E-state index contributed by atoms with van der Waals surface area (Å²) in [4.78, 5) is 6.33. The molecule has 0 fully saturated rings. The van der Waals surface area contributed by atoms with E-state index in [1.165, 1.54) is 16.6 Å². The minimum Gasteiger partial charge on any atom is -0.387 e. The van der Waals surface area contributed by atoms with E-state index >= 15 is 0 Å². The molecule has 3 nitrogen and oxygen atoms in total. The van der Waals surface area contributed by atoms with Crippen LogP contribution in [0.15, 0.2) is 54.6 Å². The molecule has 1 atom stereocenters. The van der Waals surface area contributed by atoms with Gasteiger partial charge in [-0.1, -0.05) is 44.2 Å². The lowest BCUT2D eigenvalue weighted by Gasteiger charge is -2.30. The highest BCUT2D eigenvalue weighted by atomic mass is 19.3. The maximum absolute atomic E-state index is 13.1. The zero-order chi connectivity index (χ0) is 21.4. The monoisotopic (exact) mass is 398 g/mol. The number of benzene rings is 2. The Morgan fingerprint density at radius 2 is 1.62 bits per heavy atom. The number of hydrogen-bond acceptors (Lipinski definition) is 3. The van der Waals surface area contributed by atoms with Crippen LogP contribution in [-0.4, -0.2) is 36.2 Å². The van der Waals surface area contributed by atoms with Crippen LogP contribution >= 0.6 is 0 Å². The lowest BCUT2D eigenvalue weighted by molar-refractivity contribution is -0.102. The fraction of sp³-hybridized carbons (Fsp3) is 0.375. The summed E-state index contributed by atoms with van der Waals surface area (Å²) >= 11 is 0. The zero-order valence-corrected chi connectivity index (χ0v) is 17.6. The van der Waals surface area contributed by atoms with E-state index in [0.717, 1.165) is 23.7 Å². The van der Waals surface area contributed by atoms with Gasteiger partial charge >= 0.3 is 0 Å². The van der Waals surface area contributed by atoms with Crippen molar-refractivity contribution in [1.29, 1.82) is 0 Å². The summed E-state index contributed by atoms with van der Waals surface area (Å²) in [5, 5.41) is 10.9. The van der Waals surface area contributed by atoms with Crippen molar-refractivity contribution >= 4 is 16.6 Å². The van der Waals surface area contributed by atoms with E-state index in [1.54, 1.807) is 0 Å². The lowest BCUT2D eigenvalue weighted by Crippen LogP contribution is -2.36. The van der Waals surface area contributed by atoms with Crippen molar-refractivity contribution in [3.05, 3.63) is 60.2 Å². The molecule has 154 valence electrons. The van der Waals surface area contributed by atoms with Crippen molar-refractivity contribution < 1.29 is 13.9 Å². The first-order valence-electron chi connectivity index (χ1n) is 9.73. The second kappa shape index (κ2) is 7.71. The number of alkyl halides is 2. The third-order valence-electron chi connectivity index (χ3n) is 5.36. The smallest absolute Gasteiger partial charge is 0.270 e. The molecule has 4 rings (SSSR count). The van der Waals surface area contributed by atoms with Crippen LogP contribution in [-0.2, 0) is 5.41 Å². The lowest BCUT2D eigenvalue weighted by atomic mass is 9.79. The molecular formula is C24H28F2N2O. The SMILES string of the molecule is CN(C)c1ccc(C(C)(C)CC(O)C(C)(F)F)cc1.c1ccc2c3cc-3nc2c1. The van der Waals surface area contributed by atoms with Gasteiger partial charge in [0, 0.05) is 37.7 Å². The first kappa shape index (κ1) is 21.2. The van der Waals surface area contributed by atoms with Crippen molar-refractivity contribution in [3.63, 3.8) is 0 Å². The normalized spacial score (nSPS) is 13.5. The quantitative estimate of drug-likeness (QED) is 0.472. The number of anilines is 1. The fourth-order valence-corrected chi connectivity index (χ4v) is 3.33. The van der Waals surface area contributed by atoms with E-state index in [0.29, 0.717) is 0 Å². The number of rotatable bonds is 5. The topological polar surface area (TPSA) is 36.4 Å². The van der Waals surface area contributed by atoms with Gasteiger partial charge in [0.15, 0.2) is 0 Å². The van der Waals surface area contributed by atoms with Gasteiger partial charge in [0.25, 0.3) is 5.92 Å². The molecule has 29 heavy (non-hydrogen) atoms. The van der Waals surface area contributed by atoms with Gasteiger partial charge in [-0.3, -0.25) is 0 Å². The molecule has 1 heterocycles. The molecule has 2 aromatic rings. The first-order chi connectivity index (χ1) is 13.5. The molecule has 0 aromatic heterocycles. The minimum absolute atomic E-state index is 0.0256. The second-order valence-corrected chi connectivity index (χ2v) is 8.57. The van der Waals surface area contributed by atoms with Gasteiger partial charge in [0.1, 0.15) is 6.10 Å². The summed E-state index contributed by atoms with van der Waals surface area (Å²) in [7, 11) is 3.89. The molecule has 0 saturated carbocycles.